The molecular weight excluding hydrogens is 296 g/mol. The molecule has 6 heteroatoms. The number of aliphatic hydroxyl groups is 1. The second-order valence-electron chi connectivity index (χ2n) is 6.17. The monoisotopic (exact) mass is 320 g/mol. The minimum Gasteiger partial charge on any atom is -0.489 e. The Morgan fingerprint density at radius 3 is 2.91 bits per heavy atom. The van der Waals surface area contributed by atoms with Gasteiger partial charge in [0, 0.05) is 25.4 Å². The quantitative estimate of drug-likeness (QED) is 0.770. The highest BCUT2D eigenvalue weighted by atomic mass is 16.5. The van der Waals surface area contributed by atoms with E-state index in [1.165, 1.54) is 0 Å². The van der Waals surface area contributed by atoms with Gasteiger partial charge in [0.05, 0.1) is 24.9 Å². The fourth-order valence-corrected chi connectivity index (χ4v) is 3.02. The summed E-state index contributed by atoms with van der Waals surface area (Å²) in [7, 11) is 0. The number of piperidine rings is 1. The number of amides is 1. The lowest BCUT2D eigenvalue weighted by Gasteiger charge is -2.28. The Labute approximate surface area is 136 Å². The molecule has 1 saturated heterocycles. The van der Waals surface area contributed by atoms with E-state index in [0.29, 0.717) is 43.4 Å². The molecule has 2 aliphatic heterocycles. The molecule has 3 rings (SSSR count). The Kier molecular flexibility index (Phi) is 5.03. The first kappa shape index (κ1) is 16.1. The van der Waals surface area contributed by atoms with Crippen LogP contribution >= 0.6 is 0 Å². The molecule has 126 valence electrons. The van der Waals surface area contributed by atoms with Gasteiger partial charge in [0.15, 0.2) is 11.5 Å². The van der Waals surface area contributed by atoms with Gasteiger partial charge in [0.1, 0.15) is 0 Å². The summed E-state index contributed by atoms with van der Waals surface area (Å²) in [5, 5.41) is 16.0. The number of nitrogens with one attached hydrogen (secondary N) is 2. The SMILES string of the molecule is Cc1ccc(C(=O)NCC2CCNCC2O)c2c1OCCCO2. The molecule has 1 aromatic rings. The highest BCUT2D eigenvalue weighted by Gasteiger charge is 2.25. The van der Waals surface area contributed by atoms with Gasteiger partial charge in [0.25, 0.3) is 5.91 Å². The molecule has 0 radical (unpaired) electrons. The normalized spacial score (nSPS) is 23.9. The molecule has 23 heavy (non-hydrogen) atoms. The zero-order valence-corrected chi connectivity index (χ0v) is 13.4. The highest BCUT2D eigenvalue weighted by Crippen LogP contribution is 2.36. The Hall–Kier alpha value is -1.79. The molecule has 3 N–H and O–H groups in total. The maximum atomic E-state index is 12.5. The number of hydrogen-bond acceptors (Lipinski definition) is 5. The van der Waals surface area contributed by atoms with E-state index in [2.05, 4.69) is 10.6 Å². The zero-order valence-electron chi connectivity index (χ0n) is 13.4. The molecule has 0 aromatic heterocycles. The van der Waals surface area contributed by atoms with Crippen LogP contribution in [0.4, 0.5) is 0 Å². The molecule has 0 spiro atoms. The van der Waals surface area contributed by atoms with Gasteiger partial charge >= 0.3 is 0 Å². The van der Waals surface area contributed by atoms with Crippen LogP contribution in [0.15, 0.2) is 12.1 Å². The summed E-state index contributed by atoms with van der Waals surface area (Å²) in [5.41, 5.74) is 1.46. The molecule has 0 bridgehead atoms. The number of ether oxygens (including phenoxy) is 2. The molecule has 1 fully saturated rings. The average Bonchev–Trinajstić information content (AvgIpc) is 2.81. The molecular formula is C17H24N2O4. The van der Waals surface area contributed by atoms with Crippen molar-refractivity contribution < 1.29 is 19.4 Å². The van der Waals surface area contributed by atoms with Crippen LogP contribution in [0.1, 0.15) is 28.8 Å². The van der Waals surface area contributed by atoms with Crippen molar-refractivity contribution in [2.45, 2.75) is 25.9 Å². The molecule has 2 atom stereocenters. The molecule has 0 saturated carbocycles. The van der Waals surface area contributed by atoms with Crippen molar-refractivity contribution in [3.63, 3.8) is 0 Å². The van der Waals surface area contributed by atoms with Gasteiger partial charge in [-0.15, -0.1) is 0 Å². The standard InChI is InChI=1S/C17H24N2O4/c1-11-3-4-13(16-15(11)22-7-2-8-23-16)17(21)19-9-12-5-6-18-10-14(12)20/h3-4,12,14,18,20H,2,5-10H2,1H3,(H,19,21). The minimum absolute atomic E-state index is 0.0846. The van der Waals surface area contributed by atoms with Crippen molar-refractivity contribution in [1.29, 1.82) is 0 Å². The molecule has 1 aromatic carbocycles. The summed E-state index contributed by atoms with van der Waals surface area (Å²) in [6.45, 7) is 5.00. The summed E-state index contributed by atoms with van der Waals surface area (Å²) in [4.78, 5) is 12.5. The van der Waals surface area contributed by atoms with Crippen molar-refractivity contribution in [3.8, 4) is 11.5 Å². The predicted molar refractivity (Wildman–Crippen MR) is 86.1 cm³/mol. The van der Waals surface area contributed by atoms with E-state index in [0.717, 1.165) is 24.9 Å². The smallest absolute Gasteiger partial charge is 0.255 e. The Morgan fingerprint density at radius 1 is 1.35 bits per heavy atom. The Bertz CT molecular complexity index is 576. The lowest BCUT2D eigenvalue weighted by Crippen LogP contribution is -2.45. The van der Waals surface area contributed by atoms with Gasteiger partial charge in [-0.2, -0.15) is 0 Å². The van der Waals surface area contributed by atoms with E-state index in [1.54, 1.807) is 6.07 Å². The summed E-state index contributed by atoms with van der Waals surface area (Å²) in [5.74, 6) is 1.10. The van der Waals surface area contributed by atoms with Crippen molar-refractivity contribution in [2.24, 2.45) is 5.92 Å². The highest BCUT2D eigenvalue weighted by molar-refractivity contribution is 5.98. The molecule has 1 amide bonds. The van der Waals surface area contributed by atoms with Crippen LogP contribution in [0, 0.1) is 12.8 Å². The first-order valence-electron chi connectivity index (χ1n) is 8.23. The number of carbonyl (C=O) groups is 1. The number of aliphatic hydroxyl groups excluding tert-OH is 1. The number of β-amino-alcohol motifs (C(OH)–C–C–N with tert-alkyl or cyclic N) is 1. The van der Waals surface area contributed by atoms with Gasteiger partial charge in [-0.1, -0.05) is 6.07 Å². The number of benzene rings is 1. The third-order valence-electron chi connectivity index (χ3n) is 4.45. The van der Waals surface area contributed by atoms with Crippen molar-refractivity contribution in [2.75, 3.05) is 32.8 Å². The third-order valence-corrected chi connectivity index (χ3v) is 4.45. The fourth-order valence-electron chi connectivity index (χ4n) is 3.02. The molecule has 6 nitrogen and oxygen atoms in total. The second-order valence-corrected chi connectivity index (χ2v) is 6.17. The fraction of sp³-hybridized carbons (Fsp3) is 0.588. The number of hydrogen-bond donors (Lipinski definition) is 3. The Balaban J connectivity index is 1.72. The van der Waals surface area contributed by atoms with E-state index < -0.39 is 6.10 Å². The summed E-state index contributed by atoms with van der Waals surface area (Å²) in [6, 6.07) is 3.65. The summed E-state index contributed by atoms with van der Waals surface area (Å²) < 4.78 is 11.5. The van der Waals surface area contributed by atoms with E-state index in [4.69, 9.17) is 9.47 Å². The third kappa shape index (κ3) is 3.59. The van der Waals surface area contributed by atoms with Crippen LogP contribution in [0.25, 0.3) is 0 Å². The maximum Gasteiger partial charge on any atom is 0.255 e. The molecule has 2 unspecified atom stereocenters. The minimum atomic E-state index is -0.418. The van der Waals surface area contributed by atoms with E-state index in [9.17, 15) is 9.90 Å². The molecule has 2 aliphatic rings. The summed E-state index contributed by atoms with van der Waals surface area (Å²) in [6.07, 6.45) is 1.24. The topological polar surface area (TPSA) is 79.8 Å². The zero-order chi connectivity index (χ0) is 16.2. The number of aryl methyl sites for hydroxylation is 1. The molecule has 0 aliphatic carbocycles. The van der Waals surface area contributed by atoms with Crippen molar-refractivity contribution >= 4 is 5.91 Å². The lowest BCUT2D eigenvalue weighted by molar-refractivity contribution is 0.0752. The first-order valence-corrected chi connectivity index (χ1v) is 8.23. The van der Waals surface area contributed by atoms with Crippen LogP contribution in [-0.2, 0) is 0 Å². The van der Waals surface area contributed by atoms with Crippen LogP contribution in [0.5, 0.6) is 11.5 Å². The number of fused-ring (bicyclic) bond motifs is 1. The van der Waals surface area contributed by atoms with E-state index in [1.807, 2.05) is 13.0 Å². The van der Waals surface area contributed by atoms with Gasteiger partial charge < -0.3 is 25.2 Å². The van der Waals surface area contributed by atoms with Gasteiger partial charge in [-0.25, -0.2) is 0 Å². The lowest BCUT2D eigenvalue weighted by atomic mass is 9.95. The Morgan fingerprint density at radius 2 is 2.13 bits per heavy atom. The number of rotatable bonds is 3. The van der Waals surface area contributed by atoms with Crippen LogP contribution < -0.4 is 20.1 Å². The van der Waals surface area contributed by atoms with Crippen LogP contribution in [-0.4, -0.2) is 50.0 Å². The van der Waals surface area contributed by atoms with Crippen LogP contribution in [0.3, 0.4) is 0 Å². The summed E-state index contributed by atoms with van der Waals surface area (Å²) >= 11 is 0. The predicted octanol–water partition coefficient (Wildman–Crippen LogP) is 0.857. The van der Waals surface area contributed by atoms with E-state index in [-0.39, 0.29) is 11.8 Å². The van der Waals surface area contributed by atoms with Gasteiger partial charge in [-0.05, 0) is 31.5 Å². The van der Waals surface area contributed by atoms with Gasteiger partial charge in [-0.3, -0.25) is 4.79 Å². The first-order chi connectivity index (χ1) is 11.2. The van der Waals surface area contributed by atoms with E-state index >= 15 is 0 Å². The second kappa shape index (κ2) is 7.19. The maximum absolute atomic E-state index is 12.5. The largest absolute Gasteiger partial charge is 0.489 e. The van der Waals surface area contributed by atoms with Crippen LogP contribution in [0.2, 0.25) is 0 Å². The number of carbonyl (C=O) groups excluding carboxylic acids is 1. The van der Waals surface area contributed by atoms with Crippen molar-refractivity contribution in [1.82, 2.24) is 10.6 Å². The van der Waals surface area contributed by atoms with Crippen molar-refractivity contribution in [3.05, 3.63) is 23.3 Å². The molecule has 2 heterocycles. The van der Waals surface area contributed by atoms with Gasteiger partial charge in [0.2, 0.25) is 0 Å². The average molecular weight is 320 g/mol.